The van der Waals surface area contributed by atoms with E-state index in [1.165, 1.54) is 23.3 Å². The summed E-state index contributed by atoms with van der Waals surface area (Å²) in [4.78, 5) is 33.1. The van der Waals surface area contributed by atoms with Gasteiger partial charge in [0.1, 0.15) is 23.0 Å². The fourth-order valence-electron chi connectivity index (χ4n) is 12.1. The van der Waals surface area contributed by atoms with Crippen molar-refractivity contribution in [3.05, 3.63) is 224 Å². The number of esters is 2. The van der Waals surface area contributed by atoms with E-state index < -0.39 is 28.9 Å². The third-order valence-electron chi connectivity index (χ3n) is 16.1. The van der Waals surface area contributed by atoms with E-state index in [0.717, 1.165) is 101 Å². The van der Waals surface area contributed by atoms with E-state index in [9.17, 15) is 22.8 Å². The van der Waals surface area contributed by atoms with Crippen LogP contribution in [0, 0.1) is 20.8 Å². The van der Waals surface area contributed by atoms with Crippen LogP contribution in [0.5, 0.6) is 23.0 Å². The molecule has 14 heteroatoms. The zero-order valence-electron chi connectivity index (χ0n) is 46.0. The molecule has 13 rings (SSSR count). The second kappa shape index (κ2) is 20.7. The van der Waals surface area contributed by atoms with E-state index >= 15 is 0 Å². The molecule has 8 aromatic carbocycles. The Bertz CT molecular complexity index is 3780. The number of carbonyl (C=O) groups excluding carboxylic acids is 2. The van der Waals surface area contributed by atoms with Crippen molar-refractivity contribution >= 4 is 46.1 Å². The first-order chi connectivity index (χ1) is 39.1. The second-order valence-electron chi connectivity index (χ2n) is 21.1. The summed E-state index contributed by atoms with van der Waals surface area (Å²) in [6, 6.07) is 48.6. The van der Waals surface area contributed by atoms with Gasteiger partial charge in [0.05, 0.1) is 29.9 Å². The molecular formula is C67H61F3N4O7. The largest absolute Gasteiger partial charge is 0.456 e. The lowest BCUT2D eigenvalue weighted by Gasteiger charge is -2.38. The second-order valence-corrected chi connectivity index (χ2v) is 21.1. The van der Waals surface area contributed by atoms with Crippen LogP contribution in [0.4, 0.5) is 47.3 Å². The highest BCUT2D eigenvalue weighted by Crippen LogP contribution is 2.59. The number of hydrogen-bond donors (Lipinski definition) is 1. The summed E-state index contributed by atoms with van der Waals surface area (Å²) in [7, 11) is 0. The summed E-state index contributed by atoms with van der Waals surface area (Å²) < 4.78 is 71.2. The molecule has 2 unspecified atom stereocenters. The molecule has 412 valence electrons. The van der Waals surface area contributed by atoms with Crippen LogP contribution in [0.1, 0.15) is 104 Å². The number of carbonyl (C=O) groups is 2. The number of aryl methyl sites for hydroxylation is 3. The molecule has 8 aromatic rings. The van der Waals surface area contributed by atoms with Crippen LogP contribution >= 0.6 is 0 Å². The summed E-state index contributed by atoms with van der Waals surface area (Å²) in [5, 5.41) is 3.62. The number of alkyl halides is 3. The number of ether oxygens (including phenoxy) is 5. The van der Waals surface area contributed by atoms with Crippen molar-refractivity contribution in [2.24, 2.45) is 0 Å². The van der Waals surface area contributed by atoms with Gasteiger partial charge in [-0.25, -0.2) is 9.59 Å². The third-order valence-corrected chi connectivity index (χ3v) is 16.1. The SMILES string of the molecule is CCCN(c1ccc(C(F)(F)F)cc1)c1ccc2c(c1)C1(OC(=O)c3ccccc31)c1ccc(N3CCOCC3)cc1O2.CCN(CC)c1ccc2c(c1)Oc1cc(C)c(Nc3ccc(C)cc3C)cc1C21OC(=O)c2ccccc21. The van der Waals surface area contributed by atoms with Gasteiger partial charge in [-0.2, -0.15) is 13.2 Å². The Kier molecular flexibility index (Phi) is 13.5. The minimum absolute atomic E-state index is 0.323. The van der Waals surface area contributed by atoms with E-state index in [1.54, 1.807) is 6.07 Å². The van der Waals surface area contributed by atoms with Gasteiger partial charge < -0.3 is 43.7 Å². The van der Waals surface area contributed by atoms with Gasteiger partial charge in [0.2, 0.25) is 0 Å². The van der Waals surface area contributed by atoms with Crippen LogP contribution in [0.15, 0.2) is 158 Å². The van der Waals surface area contributed by atoms with Crippen molar-refractivity contribution in [2.75, 3.05) is 66.0 Å². The zero-order valence-corrected chi connectivity index (χ0v) is 46.0. The molecule has 11 nitrogen and oxygen atoms in total. The number of nitrogens with zero attached hydrogens (tertiary/aromatic N) is 3. The first-order valence-electron chi connectivity index (χ1n) is 27.6. The Morgan fingerprint density at radius 2 is 1.11 bits per heavy atom. The Labute approximate surface area is 469 Å². The molecule has 0 radical (unpaired) electrons. The predicted molar refractivity (Wildman–Crippen MR) is 309 cm³/mol. The van der Waals surface area contributed by atoms with Crippen molar-refractivity contribution in [2.45, 2.75) is 65.3 Å². The Hall–Kier alpha value is -8.75. The smallest absolute Gasteiger partial charge is 0.416 e. The van der Waals surface area contributed by atoms with Crippen molar-refractivity contribution in [3.8, 4) is 23.0 Å². The lowest BCUT2D eigenvalue weighted by molar-refractivity contribution is -0.137. The van der Waals surface area contributed by atoms with Crippen LogP contribution in [0.3, 0.4) is 0 Å². The number of anilines is 6. The quantitative estimate of drug-likeness (QED) is 0.132. The standard InChI is InChI=1S/C34H29F3N2O4.C33H32N2O3/c1-2-15-39(23-9-7-22(8-10-23)34(35,36)37)25-12-14-30-29(20-25)33(27-6-4-3-5-26(27)32(40)43-33)28-13-11-24(21-31(28)42-30)38-16-18-41-19-17-38;1-6-35(7-2)23-13-14-26-31(18-23)37-30-17-22(5)29(34-28-15-12-20(3)16-21(28)4)19-27(30)33(26)25-11-9-8-10-24(25)32(36)38-33/h3-14,20-21H,2,15-19H2,1H3;8-19,34H,6-7H2,1-5H3. The minimum Gasteiger partial charge on any atom is -0.456 e. The first-order valence-corrected chi connectivity index (χ1v) is 27.6. The van der Waals surface area contributed by atoms with Crippen LogP contribution in [0.2, 0.25) is 0 Å². The van der Waals surface area contributed by atoms with E-state index in [2.05, 4.69) is 92.2 Å². The Morgan fingerprint density at radius 3 is 1.74 bits per heavy atom. The average molecular weight is 1090 g/mol. The molecule has 0 aromatic heterocycles. The Balaban J connectivity index is 0.000000162. The van der Waals surface area contributed by atoms with Gasteiger partial charge in [0.15, 0.2) is 11.2 Å². The maximum Gasteiger partial charge on any atom is 0.416 e. The van der Waals surface area contributed by atoms with Gasteiger partial charge in [-0.3, -0.25) is 0 Å². The van der Waals surface area contributed by atoms with Gasteiger partial charge >= 0.3 is 18.1 Å². The lowest BCUT2D eigenvalue weighted by Crippen LogP contribution is -2.37. The van der Waals surface area contributed by atoms with Crippen LogP contribution in [-0.4, -0.2) is 57.9 Å². The number of nitrogens with one attached hydrogen (secondary N) is 1. The molecule has 1 saturated heterocycles. The summed E-state index contributed by atoms with van der Waals surface area (Å²) in [5.41, 5.74) is 11.5. The van der Waals surface area contributed by atoms with Crippen LogP contribution in [0.25, 0.3) is 0 Å². The highest BCUT2D eigenvalue weighted by Gasteiger charge is 2.55. The molecule has 2 atom stereocenters. The van der Waals surface area contributed by atoms with Gasteiger partial charge in [0, 0.05) is 112 Å². The van der Waals surface area contributed by atoms with E-state index in [1.807, 2.05) is 96.8 Å². The minimum atomic E-state index is -4.42. The lowest BCUT2D eigenvalue weighted by atomic mass is 9.77. The molecule has 0 amide bonds. The highest BCUT2D eigenvalue weighted by atomic mass is 19.4. The summed E-state index contributed by atoms with van der Waals surface area (Å²) in [6.07, 6.45) is -3.66. The van der Waals surface area contributed by atoms with Gasteiger partial charge in [-0.05, 0) is 149 Å². The van der Waals surface area contributed by atoms with Gasteiger partial charge in [0.25, 0.3) is 0 Å². The maximum absolute atomic E-state index is 13.3. The molecule has 2 spiro atoms. The van der Waals surface area contributed by atoms with Crippen molar-refractivity contribution in [3.63, 3.8) is 0 Å². The topological polar surface area (TPSA) is 102 Å². The maximum atomic E-state index is 13.3. The first kappa shape index (κ1) is 52.9. The molecule has 5 aliphatic heterocycles. The summed E-state index contributed by atoms with van der Waals surface area (Å²) in [5.74, 6) is 1.80. The van der Waals surface area contributed by atoms with E-state index in [-0.39, 0.29) is 5.97 Å². The van der Waals surface area contributed by atoms with Crippen LogP contribution in [-0.2, 0) is 31.6 Å². The average Bonchev–Trinajstić information content (AvgIpc) is 4.21. The number of morpholine rings is 1. The number of hydrogen-bond acceptors (Lipinski definition) is 11. The number of fused-ring (bicyclic) bond motifs is 12. The number of halogens is 3. The normalized spacial score (nSPS) is 17.9. The molecule has 1 N–H and O–H groups in total. The molecule has 0 bridgehead atoms. The fourth-order valence-corrected chi connectivity index (χ4v) is 12.1. The zero-order chi connectivity index (χ0) is 56.4. The fraction of sp³-hybridized carbons (Fsp3) is 0.254. The predicted octanol–water partition coefficient (Wildman–Crippen LogP) is 15.4. The van der Waals surface area contributed by atoms with Gasteiger partial charge in [-0.1, -0.05) is 61.0 Å². The van der Waals surface area contributed by atoms with Crippen molar-refractivity contribution in [1.29, 1.82) is 0 Å². The molecular weight excluding hydrogens is 1030 g/mol. The van der Waals surface area contributed by atoms with Crippen LogP contribution < -0.4 is 29.5 Å². The molecule has 1 fully saturated rings. The number of benzene rings is 8. The van der Waals surface area contributed by atoms with Crippen molar-refractivity contribution in [1.82, 2.24) is 0 Å². The Morgan fingerprint density at radius 1 is 0.543 bits per heavy atom. The third kappa shape index (κ3) is 9.06. The van der Waals surface area contributed by atoms with Crippen molar-refractivity contribution < 1.29 is 46.4 Å². The summed E-state index contributed by atoms with van der Waals surface area (Å²) >= 11 is 0. The highest BCUT2D eigenvalue weighted by molar-refractivity contribution is 5.98. The van der Waals surface area contributed by atoms with Gasteiger partial charge in [-0.15, -0.1) is 0 Å². The molecule has 5 heterocycles. The molecule has 81 heavy (non-hydrogen) atoms. The van der Waals surface area contributed by atoms with E-state index in [0.29, 0.717) is 70.7 Å². The van der Waals surface area contributed by atoms with E-state index in [4.69, 9.17) is 23.7 Å². The summed E-state index contributed by atoms with van der Waals surface area (Å²) in [6.45, 7) is 17.7. The number of rotatable bonds is 10. The molecule has 5 aliphatic rings. The monoisotopic (exact) mass is 1090 g/mol. The molecule has 0 aliphatic carbocycles. The molecule has 0 saturated carbocycles.